The molecule has 0 bridgehead atoms. The lowest BCUT2D eigenvalue weighted by Gasteiger charge is -2.36. The van der Waals surface area contributed by atoms with E-state index in [9.17, 15) is 4.79 Å². The minimum Gasteiger partial charge on any atom is -0.370 e. The van der Waals surface area contributed by atoms with Crippen molar-refractivity contribution in [3.63, 3.8) is 0 Å². The Kier molecular flexibility index (Phi) is 4.28. The van der Waals surface area contributed by atoms with Crippen molar-refractivity contribution < 1.29 is 0 Å². The van der Waals surface area contributed by atoms with Gasteiger partial charge in [0.2, 0.25) is 5.56 Å². The van der Waals surface area contributed by atoms with Crippen LogP contribution in [0, 0.1) is 6.92 Å². The molecule has 148 valence electrons. The van der Waals surface area contributed by atoms with Gasteiger partial charge < -0.3 is 10.3 Å². The van der Waals surface area contributed by atoms with E-state index in [0.29, 0.717) is 0 Å². The molecule has 2 aliphatic rings. The van der Waals surface area contributed by atoms with Crippen molar-refractivity contribution in [1.29, 1.82) is 0 Å². The van der Waals surface area contributed by atoms with Gasteiger partial charge in [-0.15, -0.1) is 0 Å². The lowest BCUT2D eigenvalue weighted by Crippen LogP contribution is -2.43. The minimum atomic E-state index is -0.531. The molecule has 2 N–H and O–H groups in total. The van der Waals surface area contributed by atoms with Gasteiger partial charge in [-0.1, -0.05) is 54.6 Å². The van der Waals surface area contributed by atoms with Crippen molar-refractivity contribution in [2.75, 3.05) is 5.32 Å². The van der Waals surface area contributed by atoms with Crippen LogP contribution in [0.1, 0.15) is 30.2 Å². The molecule has 2 aliphatic heterocycles. The number of rotatable bonds is 2. The van der Waals surface area contributed by atoms with Gasteiger partial charge in [-0.3, -0.25) is 9.79 Å². The molecule has 1 aromatic heterocycles. The van der Waals surface area contributed by atoms with Crippen LogP contribution in [0.25, 0.3) is 16.3 Å². The van der Waals surface area contributed by atoms with Crippen molar-refractivity contribution in [2.45, 2.75) is 25.8 Å². The second-order valence-corrected chi connectivity index (χ2v) is 8.01. The van der Waals surface area contributed by atoms with E-state index in [1.165, 1.54) is 5.39 Å². The van der Waals surface area contributed by atoms with Crippen LogP contribution < -0.4 is 10.9 Å². The maximum absolute atomic E-state index is 12.2. The van der Waals surface area contributed by atoms with Gasteiger partial charge in [0.25, 0.3) is 0 Å². The van der Waals surface area contributed by atoms with Gasteiger partial charge in [0.1, 0.15) is 0 Å². The fourth-order valence-corrected chi connectivity index (χ4v) is 4.27. The number of aromatic amines is 1. The summed E-state index contributed by atoms with van der Waals surface area (Å²) in [5.74, 6) is 0. The number of hydrogen-bond donors (Lipinski definition) is 2. The van der Waals surface area contributed by atoms with Crippen LogP contribution in [-0.2, 0) is 0 Å². The van der Waals surface area contributed by atoms with Crippen molar-refractivity contribution in [3.05, 3.63) is 106 Å². The van der Waals surface area contributed by atoms with Gasteiger partial charge in [0.05, 0.1) is 22.6 Å². The lowest BCUT2D eigenvalue weighted by atomic mass is 9.82. The molecule has 0 spiro atoms. The second kappa shape index (κ2) is 6.99. The topological polar surface area (TPSA) is 57.2 Å². The van der Waals surface area contributed by atoms with Gasteiger partial charge in [0.15, 0.2) is 0 Å². The highest BCUT2D eigenvalue weighted by molar-refractivity contribution is 6.13. The molecule has 0 fully saturated rings. The highest BCUT2D eigenvalue weighted by atomic mass is 16.1. The highest BCUT2D eigenvalue weighted by Gasteiger charge is 2.34. The molecule has 5 rings (SSSR count). The number of aliphatic imine (C=N–C) groups is 1. The molecule has 0 radical (unpaired) electrons. The Morgan fingerprint density at radius 3 is 2.80 bits per heavy atom. The van der Waals surface area contributed by atoms with Crippen LogP contribution in [0.3, 0.4) is 0 Å². The molecule has 0 saturated heterocycles. The molecule has 0 saturated carbocycles. The number of H-pyrrole nitrogens is 1. The van der Waals surface area contributed by atoms with E-state index in [2.05, 4.69) is 71.9 Å². The zero-order valence-corrected chi connectivity index (χ0v) is 17.1. The molecular weight excluding hydrogens is 370 g/mol. The van der Waals surface area contributed by atoms with Crippen molar-refractivity contribution in [3.8, 4) is 0 Å². The largest absolute Gasteiger partial charge is 0.370 e. The van der Waals surface area contributed by atoms with E-state index in [0.717, 1.165) is 45.6 Å². The first kappa shape index (κ1) is 18.4. The average Bonchev–Trinajstić information content (AvgIpc) is 3.05. The molecule has 3 heterocycles. The number of fused-ring (bicyclic) bond motifs is 3. The number of pyridine rings is 1. The number of anilines is 1. The third kappa shape index (κ3) is 3.01. The zero-order valence-electron chi connectivity index (χ0n) is 17.1. The summed E-state index contributed by atoms with van der Waals surface area (Å²) in [6.45, 7) is 4.16. The number of hydrogen-bond acceptors (Lipinski definition) is 3. The van der Waals surface area contributed by atoms with Crippen LogP contribution in [0.4, 0.5) is 5.69 Å². The Morgan fingerprint density at radius 1 is 1.03 bits per heavy atom. The summed E-state index contributed by atoms with van der Waals surface area (Å²) in [7, 11) is 0. The fraction of sp³-hybridized carbons (Fsp3) is 0.154. The van der Waals surface area contributed by atoms with Gasteiger partial charge in [0, 0.05) is 28.8 Å². The zero-order chi connectivity index (χ0) is 20.7. The first-order valence-electron chi connectivity index (χ1n) is 10.2. The van der Waals surface area contributed by atoms with E-state index in [1.807, 2.05) is 25.3 Å². The third-order valence-electron chi connectivity index (χ3n) is 5.83. The number of benzene rings is 2. The normalized spacial score (nSPS) is 20.2. The monoisotopic (exact) mass is 393 g/mol. The number of allylic oxidation sites excluding steroid dienone is 2. The molecule has 30 heavy (non-hydrogen) atoms. The summed E-state index contributed by atoms with van der Waals surface area (Å²) >= 11 is 0. The summed E-state index contributed by atoms with van der Waals surface area (Å²) in [4.78, 5) is 19.9. The Labute approximate surface area is 175 Å². The standard InChI is InChI=1S/C26H23N3O/c1-17-11-14-23(30)28-24(17)21-16-26(2,22-10-4-3-7-15-27-22)29-25-19-9-6-5-8-18(19)12-13-20(21)25/h4-16,29H,3H2,1-2H3,(H,28,30). The SMILES string of the molecule is Cc1ccc(=O)[nH]c1C1=CC(C)(C2=NC=CCC=C2)Nc2c1ccc1ccccc21. The quantitative estimate of drug-likeness (QED) is 0.615. The van der Waals surface area contributed by atoms with Crippen molar-refractivity contribution >= 4 is 27.7 Å². The van der Waals surface area contributed by atoms with E-state index < -0.39 is 5.54 Å². The predicted molar refractivity (Wildman–Crippen MR) is 125 cm³/mol. The van der Waals surface area contributed by atoms with Crippen LogP contribution in [0.15, 0.2) is 88.8 Å². The molecular formula is C26H23N3O. The molecule has 0 aliphatic carbocycles. The molecule has 1 atom stereocenters. The summed E-state index contributed by atoms with van der Waals surface area (Å²) in [5, 5.41) is 6.08. The van der Waals surface area contributed by atoms with E-state index >= 15 is 0 Å². The molecule has 4 nitrogen and oxygen atoms in total. The predicted octanol–water partition coefficient (Wildman–Crippen LogP) is 5.37. The fourth-order valence-electron chi connectivity index (χ4n) is 4.27. The average molecular weight is 393 g/mol. The molecule has 2 aromatic carbocycles. The number of aryl methyl sites for hydroxylation is 1. The minimum absolute atomic E-state index is 0.103. The number of nitrogens with zero attached hydrogens (tertiary/aromatic N) is 1. The summed E-state index contributed by atoms with van der Waals surface area (Å²) in [6.07, 6.45) is 11.2. The van der Waals surface area contributed by atoms with E-state index in [-0.39, 0.29) is 5.56 Å². The Morgan fingerprint density at radius 2 is 1.90 bits per heavy atom. The van der Waals surface area contributed by atoms with E-state index in [1.54, 1.807) is 6.07 Å². The molecule has 0 amide bonds. The maximum Gasteiger partial charge on any atom is 0.248 e. The van der Waals surface area contributed by atoms with Gasteiger partial charge in [-0.2, -0.15) is 0 Å². The first-order valence-corrected chi connectivity index (χ1v) is 10.2. The summed E-state index contributed by atoms with van der Waals surface area (Å²) < 4.78 is 0. The Balaban J connectivity index is 1.82. The number of nitrogens with one attached hydrogen (secondary N) is 2. The van der Waals surface area contributed by atoms with Gasteiger partial charge >= 0.3 is 0 Å². The summed E-state index contributed by atoms with van der Waals surface area (Å²) in [6, 6.07) is 16.1. The Hall–Kier alpha value is -3.66. The van der Waals surface area contributed by atoms with E-state index in [4.69, 9.17) is 4.99 Å². The van der Waals surface area contributed by atoms with Crippen LogP contribution in [0.2, 0.25) is 0 Å². The molecule has 3 aromatic rings. The molecule has 1 unspecified atom stereocenters. The smallest absolute Gasteiger partial charge is 0.248 e. The maximum atomic E-state index is 12.2. The van der Waals surface area contributed by atoms with Crippen LogP contribution in [0.5, 0.6) is 0 Å². The van der Waals surface area contributed by atoms with Crippen molar-refractivity contribution in [1.82, 2.24) is 4.98 Å². The highest BCUT2D eigenvalue weighted by Crippen LogP contribution is 2.42. The number of aromatic nitrogens is 1. The third-order valence-corrected chi connectivity index (χ3v) is 5.83. The second-order valence-electron chi connectivity index (χ2n) is 8.01. The van der Waals surface area contributed by atoms with Gasteiger partial charge in [-0.25, -0.2) is 0 Å². The van der Waals surface area contributed by atoms with Crippen LogP contribution >= 0.6 is 0 Å². The first-order chi connectivity index (χ1) is 14.5. The van der Waals surface area contributed by atoms with Gasteiger partial charge in [-0.05, 0) is 43.4 Å². The van der Waals surface area contributed by atoms with Crippen LogP contribution in [-0.4, -0.2) is 16.2 Å². The summed E-state index contributed by atoms with van der Waals surface area (Å²) in [5.41, 5.74) is 5.32. The Bertz CT molecular complexity index is 1340. The molecule has 4 heteroatoms. The lowest BCUT2D eigenvalue weighted by molar-refractivity contribution is 0.844. The van der Waals surface area contributed by atoms with Crippen molar-refractivity contribution in [2.24, 2.45) is 4.99 Å².